The molecule has 0 fully saturated rings. The van der Waals surface area contributed by atoms with Gasteiger partial charge in [-0.3, -0.25) is 4.79 Å². The largest absolute Gasteiger partial charge is 0.481 e. The maximum absolute atomic E-state index is 11.0. The van der Waals surface area contributed by atoms with E-state index in [1.807, 2.05) is 48.9 Å². The zero-order valence-corrected chi connectivity index (χ0v) is 10.5. The molecule has 0 saturated carbocycles. The Kier molecular flexibility index (Phi) is 3.19. The van der Waals surface area contributed by atoms with Crippen molar-refractivity contribution in [2.24, 2.45) is 0 Å². The number of carboxylic acid groups (broad SMARTS) is 1. The van der Waals surface area contributed by atoms with E-state index in [-0.39, 0.29) is 6.42 Å². The lowest BCUT2D eigenvalue weighted by Gasteiger charge is -2.26. The van der Waals surface area contributed by atoms with E-state index in [0.717, 1.165) is 11.3 Å². The van der Waals surface area contributed by atoms with Crippen LogP contribution in [0, 0.1) is 0 Å². The summed E-state index contributed by atoms with van der Waals surface area (Å²) in [6.07, 6.45) is 5.38. The predicted molar refractivity (Wildman–Crippen MR) is 68.8 cm³/mol. The van der Waals surface area contributed by atoms with Crippen LogP contribution in [0.3, 0.4) is 0 Å². The van der Waals surface area contributed by atoms with E-state index >= 15 is 0 Å². The number of carboxylic acids is 1. The van der Waals surface area contributed by atoms with Crippen LogP contribution in [-0.2, 0) is 10.2 Å². The summed E-state index contributed by atoms with van der Waals surface area (Å²) in [4.78, 5) is 15.0. The number of aromatic nitrogens is 2. The summed E-state index contributed by atoms with van der Waals surface area (Å²) in [5, 5.41) is 9.01. The van der Waals surface area contributed by atoms with Crippen molar-refractivity contribution in [3.63, 3.8) is 0 Å². The summed E-state index contributed by atoms with van der Waals surface area (Å²) in [5.74, 6) is -0.791. The number of para-hydroxylation sites is 1. The Morgan fingerprint density at radius 2 is 2.11 bits per heavy atom. The lowest BCUT2D eigenvalue weighted by atomic mass is 9.80. The SMILES string of the molecule is CC(C)(CC(=O)O)c1ccccc1-n1ccnc1. The summed E-state index contributed by atoms with van der Waals surface area (Å²) in [7, 11) is 0. The third kappa shape index (κ3) is 2.42. The molecular formula is C14H16N2O2. The zero-order chi connectivity index (χ0) is 13.2. The first-order chi connectivity index (χ1) is 8.50. The fourth-order valence-corrected chi connectivity index (χ4v) is 2.15. The average Bonchev–Trinajstić information content (AvgIpc) is 2.80. The lowest BCUT2D eigenvalue weighted by Crippen LogP contribution is -2.23. The highest BCUT2D eigenvalue weighted by Crippen LogP contribution is 2.31. The van der Waals surface area contributed by atoms with Gasteiger partial charge in [0.05, 0.1) is 18.4 Å². The number of imidazole rings is 1. The summed E-state index contributed by atoms with van der Waals surface area (Å²) < 4.78 is 1.90. The molecule has 94 valence electrons. The van der Waals surface area contributed by atoms with Crippen molar-refractivity contribution in [2.45, 2.75) is 25.7 Å². The average molecular weight is 244 g/mol. The van der Waals surface area contributed by atoms with Gasteiger partial charge in [0.15, 0.2) is 0 Å². The van der Waals surface area contributed by atoms with Crippen LogP contribution in [0.4, 0.5) is 0 Å². The van der Waals surface area contributed by atoms with Crippen LogP contribution in [0.1, 0.15) is 25.8 Å². The van der Waals surface area contributed by atoms with Crippen molar-refractivity contribution >= 4 is 5.97 Å². The molecule has 0 aliphatic heterocycles. The van der Waals surface area contributed by atoms with Gasteiger partial charge in [0.1, 0.15) is 0 Å². The van der Waals surface area contributed by atoms with Crippen molar-refractivity contribution in [1.82, 2.24) is 9.55 Å². The van der Waals surface area contributed by atoms with E-state index in [0.29, 0.717) is 0 Å². The topological polar surface area (TPSA) is 55.1 Å². The van der Waals surface area contributed by atoms with Gasteiger partial charge in [0, 0.05) is 17.8 Å². The van der Waals surface area contributed by atoms with Gasteiger partial charge in [0.25, 0.3) is 0 Å². The van der Waals surface area contributed by atoms with Gasteiger partial charge in [0.2, 0.25) is 0 Å². The summed E-state index contributed by atoms with van der Waals surface area (Å²) in [6, 6.07) is 7.81. The fraction of sp³-hybridized carbons (Fsp3) is 0.286. The summed E-state index contributed by atoms with van der Waals surface area (Å²) in [6.45, 7) is 3.88. The van der Waals surface area contributed by atoms with Crippen molar-refractivity contribution in [3.8, 4) is 5.69 Å². The molecule has 0 unspecified atom stereocenters. The normalized spacial score (nSPS) is 11.4. The van der Waals surface area contributed by atoms with Crippen LogP contribution in [-0.4, -0.2) is 20.6 Å². The third-order valence-corrected chi connectivity index (χ3v) is 3.01. The Balaban J connectivity index is 2.48. The first-order valence-corrected chi connectivity index (χ1v) is 5.80. The standard InChI is InChI=1S/C14H16N2O2/c1-14(2,9-13(17)18)11-5-3-4-6-12(11)16-8-7-15-10-16/h3-8,10H,9H2,1-2H3,(H,17,18). The number of hydrogen-bond acceptors (Lipinski definition) is 2. The van der Waals surface area contributed by atoms with Crippen LogP contribution >= 0.6 is 0 Å². The fourth-order valence-electron chi connectivity index (χ4n) is 2.15. The summed E-state index contributed by atoms with van der Waals surface area (Å²) in [5.41, 5.74) is 1.55. The Morgan fingerprint density at radius 3 is 2.72 bits per heavy atom. The van der Waals surface area contributed by atoms with Crippen molar-refractivity contribution in [1.29, 1.82) is 0 Å². The van der Waals surface area contributed by atoms with Crippen LogP contribution in [0.15, 0.2) is 43.0 Å². The number of nitrogens with zero attached hydrogens (tertiary/aromatic N) is 2. The number of aliphatic carboxylic acids is 1. The quantitative estimate of drug-likeness (QED) is 0.899. The Bertz CT molecular complexity index is 545. The molecule has 1 aromatic heterocycles. The number of benzene rings is 1. The molecule has 0 saturated heterocycles. The molecule has 1 aromatic carbocycles. The van der Waals surface area contributed by atoms with Crippen LogP contribution in [0.5, 0.6) is 0 Å². The van der Waals surface area contributed by atoms with E-state index in [4.69, 9.17) is 5.11 Å². The molecule has 1 heterocycles. The van der Waals surface area contributed by atoms with E-state index in [2.05, 4.69) is 4.98 Å². The molecule has 2 aromatic rings. The molecule has 1 N–H and O–H groups in total. The van der Waals surface area contributed by atoms with Crippen LogP contribution in [0.25, 0.3) is 5.69 Å². The number of rotatable bonds is 4. The maximum Gasteiger partial charge on any atom is 0.304 e. The van der Waals surface area contributed by atoms with E-state index in [9.17, 15) is 4.79 Å². The second-order valence-electron chi connectivity index (χ2n) is 4.94. The Labute approximate surface area is 106 Å². The van der Waals surface area contributed by atoms with Crippen molar-refractivity contribution in [3.05, 3.63) is 48.5 Å². The Morgan fingerprint density at radius 1 is 1.39 bits per heavy atom. The van der Waals surface area contributed by atoms with Gasteiger partial charge in [-0.1, -0.05) is 32.0 Å². The highest BCUT2D eigenvalue weighted by molar-refractivity contribution is 5.69. The maximum atomic E-state index is 11.0. The van der Waals surface area contributed by atoms with E-state index in [1.165, 1.54) is 0 Å². The first-order valence-electron chi connectivity index (χ1n) is 5.80. The molecule has 0 aliphatic carbocycles. The minimum atomic E-state index is -0.791. The molecule has 0 atom stereocenters. The molecule has 0 spiro atoms. The molecule has 0 amide bonds. The second-order valence-corrected chi connectivity index (χ2v) is 4.94. The monoisotopic (exact) mass is 244 g/mol. The molecule has 0 aliphatic rings. The van der Waals surface area contributed by atoms with Gasteiger partial charge >= 0.3 is 5.97 Å². The molecular weight excluding hydrogens is 228 g/mol. The second kappa shape index (κ2) is 4.64. The molecule has 4 nitrogen and oxygen atoms in total. The first kappa shape index (κ1) is 12.4. The highest BCUT2D eigenvalue weighted by Gasteiger charge is 2.26. The van der Waals surface area contributed by atoms with Gasteiger partial charge in [-0.2, -0.15) is 0 Å². The van der Waals surface area contributed by atoms with Gasteiger partial charge in [-0.05, 0) is 11.6 Å². The molecule has 2 rings (SSSR count). The van der Waals surface area contributed by atoms with Gasteiger partial charge < -0.3 is 9.67 Å². The molecule has 4 heteroatoms. The molecule has 0 radical (unpaired) electrons. The molecule has 18 heavy (non-hydrogen) atoms. The summed E-state index contributed by atoms with van der Waals surface area (Å²) >= 11 is 0. The Hall–Kier alpha value is -2.10. The predicted octanol–water partition coefficient (Wildman–Crippen LogP) is 2.62. The van der Waals surface area contributed by atoms with Crippen molar-refractivity contribution in [2.75, 3.05) is 0 Å². The smallest absolute Gasteiger partial charge is 0.304 e. The van der Waals surface area contributed by atoms with Crippen molar-refractivity contribution < 1.29 is 9.90 Å². The number of carbonyl (C=O) groups is 1. The van der Waals surface area contributed by atoms with E-state index < -0.39 is 11.4 Å². The van der Waals surface area contributed by atoms with Gasteiger partial charge in [-0.15, -0.1) is 0 Å². The van der Waals surface area contributed by atoms with Crippen LogP contribution < -0.4 is 0 Å². The number of hydrogen-bond donors (Lipinski definition) is 1. The van der Waals surface area contributed by atoms with E-state index in [1.54, 1.807) is 12.5 Å². The highest BCUT2D eigenvalue weighted by atomic mass is 16.4. The van der Waals surface area contributed by atoms with Crippen LogP contribution in [0.2, 0.25) is 0 Å². The third-order valence-electron chi connectivity index (χ3n) is 3.01. The molecule has 0 bridgehead atoms. The lowest BCUT2D eigenvalue weighted by molar-refractivity contribution is -0.138. The zero-order valence-electron chi connectivity index (χ0n) is 10.5. The minimum Gasteiger partial charge on any atom is -0.481 e. The van der Waals surface area contributed by atoms with Gasteiger partial charge in [-0.25, -0.2) is 4.98 Å². The minimum absolute atomic E-state index is 0.0959.